The second-order valence-electron chi connectivity index (χ2n) is 10.8. The number of nitrogens with zero attached hydrogens (tertiary/aromatic N) is 1. The molecule has 0 saturated heterocycles. The van der Waals surface area contributed by atoms with Gasteiger partial charge in [0.05, 0.1) is 21.0 Å². The van der Waals surface area contributed by atoms with E-state index in [4.69, 9.17) is 9.26 Å². The van der Waals surface area contributed by atoms with Crippen molar-refractivity contribution in [1.29, 1.82) is 0 Å². The van der Waals surface area contributed by atoms with Crippen molar-refractivity contribution in [3.05, 3.63) is 40.4 Å². The van der Waals surface area contributed by atoms with Crippen LogP contribution in [0.15, 0.2) is 24.4 Å². The van der Waals surface area contributed by atoms with Crippen LogP contribution < -0.4 is 79.0 Å². The second kappa shape index (κ2) is 13.0. The molecule has 5 rings (SSSR count). The van der Waals surface area contributed by atoms with Gasteiger partial charge in [0.15, 0.2) is 5.13 Å². The molecule has 12 heteroatoms. The Kier molecular flexibility index (Phi) is 11.2. The largest absolute Gasteiger partial charge is 1.00 e. The number of carbonyl (C=O) groups excluding carboxylic acids is 1. The quantitative estimate of drug-likeness (QED) is 0.303. The van der Waals surface area contributed by atoms with Crippen LogP contribution in [-0.2, 0) is 20.3 Å². The molecule has 0 bridgehead atoms. The van der Waals surface area contributed by atoms with Crippen LogP contribution in [0.3, 0.4) is 0 Å². The number of phosphoric acid groups is 1. The van der Waals surface area contributed by atoms with E-state index in [9.17, 15) is 19.1 Å². The van der Waals surface area contributed by atoms with Gasteiger partial charge >= 0.3 is 59.1 Å². The van der Waals surface area contributed by atoms with Gasteiger partial charge in [0.25, 0.3) is 0 Å². The third-order valence-electron chi connectivity index (χ3n) is 8.86. The predicted octanol–water partition coefficient (Wildman–Crippen LogP) is -1.82. The first-order chi connectivity index (χ1) is 17.1. The number of anilines is 1. The molecule has 3 unspecified atom stereocenters. The van der Waals surface area contributed by atoms with Crippen molar-refractivity contribution >= 4 is 30.2 Å². The molecule has 3 aliphatic carbocycles. The molecule has 8 nitrogen and oxygen atoms in total. The monoisotopic (exact) mass is 578 g/mol. The van der Waals surface area contributed by atoms with Crippen molar-refractivity contribution in [2.75, 3.05) is 12.4 Å². The Balaban J connectivity index is 0.00000200. The predicted molar refractivity (Wildman–Crippen MR) is 134 cm³/mol. The van der Waals surface area contributed by atoms with Crippen molar-refractivity contribution in [2.45, 2.75) is 70.8 Å². The molecule has 3 aliphatic rings. The Hall–Kier alpha value is 0.230. The number of rotatable bonds is 7. The summed E-state index contributed by atoms with van der Waals surface area (Å²) in [6, 6.07) is 6.33. The first kappa shape index (κ1) is 32.7. The maximum absolute atomic E-state index is 12.7. The van der Waals surface area contributed by atoms with E-state index < -0.39 is 19.3 Å². The summed E-state index contributed by atoms with van der Waals surface area (Å²) in [5, 5.41) is 3.47. The van der Waals surface area contributed by atoms with Gasteiger partial charge in [0.2, 0.25) is 5.91 Å². The van der Waals surface area contributed by atoms with Crippen LogP contribution in [-0.4, -0.2) is 24.1 Å². The minimum Gasteiger partial charge on any atom is -0.790 e. The first-order valence-electron chi connectivity index (χ1n) is 12.7. The number of aromatic nitrogens is 1. The van der Waals surface area contributed by atoms with Crippen LogP contribution in [0.2, 0.25) is 0 Å². The molecule has 0 spiro atoms. The molecule has 2 aromatic rings. The second-order valence-corrected chi connectivity index (χ2v) is 13.2. The van der Waals surface area contributed by atoms with Crippen molar-refractivity contribution in [2.24, 2.45) is 23.2 Å². The zero-order valence-corrected chi connectivity index (χ0v) is 28.6. The topological polar surface area (TPSA) is 124 Å². The van der Waals surface area contributed by atoms with E-state index >= 15 is 0 Å². The van der Waals surface area contributed by atoms with Crippen molar-refractivity contribution < 1.29 is 87.5 Å². The molecule has 38 heavy (non-hydrogen) atoms. The van der Waals surface area contributed by atoms with Gasteiger partial charge in [0, 0.05) is 17.5 Å². The minimum absolute atomic E-state index is 0. The third-order valence-corrected chi connectivity index (χ3v) is 10.2. The van der Waals surface area contributed by atoms with E-state index in [2.05, 4.69) is 29.4 Å². The minimum atomic E-state index is -5.13. The summed E-state index contributed by atoms with van der Waals surface area (Å²) < 4.78 is 22.3. The van der Waals surface area contributed by atoms with Crippen molar-refractivity contribution in [3.8, 4) is 5.75 Å². The molecule has 1 heterocycles. The molecule has 2 saturated carbocycles. The molecule has 0 radical (unpaired) electrons. The number of amides is 1. The smallest absolute Gasteiger partial charge is 0.790 e. The van der Waals surface area contributed by atoms with E-state index in [-0.39, 0.29) is 76.9 Å². The Bertz CT molecular complexity index is 1190. The number of carbonyl (C=O) groups is 1. The zero-order valence-electron chi connectivity index (χ0n) is 22.9. The van der Waals surface area contributed by atoms with Crippen molar-refractivity contribution in [1.82, 2.24) is 4.98 Å². The number of aryl methyl sites for hydroxylation is 2. The molecule has 2 fully saturated rings. The number of benzene rings is 1. The molecule has 1 amide bonds. The number of nitrogens with one attached hydrogen (secondary N) is 1. The number of hydrogen-bond acceptors (Lipinski definition) is 8. The summed E-state index contributed by atoms with van der Waals surface area (Å²) in [7, 11) is -3.45. The van der Waals surface area contributed by atoms with Crippen LogP contribution in [0.25, 0.3) is 0 Å². The van der Waals surface area contributed by atoms with Gasteiger partial charge in [-0.15, -0.1) is 11.3 Å². The molecular weight excluding hydrogens is 545 g/mol. The fourth-order valence-corrected chi connectivity index (χ4v) is 8.76. The molecule has 1 aromatic carbocycles. The van der Waals surface area contributed by atoms with Gasteiger partial charge in [-0.3, -0.25) is 4.79 Å². The number of hydrogen-bond donors (Lipinski definition) is 1. The average molecular weight is 579 g/mol. The molecule has 6 atom stereocenters. The van der Waals surface area contributed by atoms with Gasteiger partial charge in [-0.25, -0.2) is 4.98 Å². The number of fused-ring (bicyclic) bond motifs is 5. The van der Waals surface area contributed by atoms with Gasteiger partial charge < -0.3 is 28.9 Å². The molecule has 1 aromatic heterocycles. The van der Waals surface area contributed by atoms with Crippen LogP contribution in [0.1, 0.15) is 67.4 Å². The summed E-state index contributed by atoms with van der Waals surface area (Å²) in [4.78, 5) is 41.3. The normalized spacial score (nSPS) is 29.7. The van der Waals surface area contributed by atoms with Gasteiger partial charge in [0.1, 0.15) is 5.75 Å². The van der Waals surface area contributed by atoms with Gasteiger partial charge in [-0.1, -0.05) is 13.0 Å². The number of phosphoric ester groups is 1. The van der Waals surface area contributed by atoms with Crippen LogP contribution in [0.5, 0.6) is 5.75 Å². The van der Waals surface area contributed by atoms with Gasteiger partial charge in [-0.05, 0) is 97.8 Å². The summed E-state index contributed by atoms with van der Waals surface area (Å²) in [5.74, 6) is 1.77. The Labute approximate surface area is 272 Å². The average Bonchev–Trinajstić information content (AvgIpc) is 3.35. The molecule has 1 N–H and O–H groups in total. The number of methoxy groups -OCH3 is 1. The fraction of sp³-hybridized carbons (Fsp3) is 0.615. The maximum atomic E-state index is 12.7. The number of ether oxygens (including phenoxy) is 1. The summed E-state index contributed by atoms with van der Waals surface area (Å²) in [6.45, 7) is 4.03. The Morgan fingerprint density at radius 3 is 2.71 bits per heavy atom. The van der Waals surface area contributed by atoms with E-state index in [0.717, 1.165) is 36.3 Å². The van der Waals surface area contributed by atoms with Crippen LogP contribution >= 0.6 is 19.2 Å². The van der Waals surface area contributed by atoms with E-state index in [1.165, 1.54) is 22.5 Å². The standard InChI is InChI=1S/C26H35N2O6PS.2Na/c1-15-14-27-25(36-15)28-23(29)9-5-17-13-22(34-35(30,31)32)26(2)11-10-20-19-8-6-18(33-3)12-16(19)4-7-21(20)24(17)26;;/h6,8,12,14,17,20-22,24H,4-5,7,9-11,13H2,1-3H3,(H,27,28,29)(H2,30,31,32);;/q;2*+1/p-2/t17-,20?,21?,22+,24?,26-;;/m1../s1. The summed E-state index contributed by atoms with van der Waals surface area (Å²) >= 11 is 1.44. The fourth-order valence-electron chi connectivity index (χ4n) is 7.44. The Morgan fingerprint density at radius 2 is 2.05 bits per heavy atom. The SMILES string of the molecule is COc1ccc2c(c1)CCC1C2CC[C@@]2(C)C1[C@H](CCC(=O)Nc1ncc(C)s1)C[C@@H]2OP(=O)([O-])[O-].[Na+].[Na+]. The van der Waals surface area contributed by atoms with Crippen LogP contribution in [0, 0.1) is 30.1 Å². The van der Waals surface area contributed by atoms with Crippen LogP contribution in [0.4, 0.5) is 5.13 Å². The summed E-state index contributed by atoms with van der Waals surface area (Å²) in [5.41, 5.74) is 2.26. The Morgan fingerprint density at radius 1 is 1.29 bits per heavy atom. The first-order valence-corrected chi connectivity index (χ1v) is 14.9. The summed E-state index contributed by atoms with van der Waals surface area (Å²) in [6.07, 6.45) is 6.15. The molecular formula is C26H33N2Na2O6PS. The van der Waals surface area contributed by atoms with Crippen molar-refractivity contribution in [3.63, 3.8) is 0 Å². The van der Waals surface area contributed by atoms with E-state index in [1.807, 2.05) is 13.0 Å². The zero-order chi connectivity index (χ0) is 25.7. The van der Waals surface area contributed by atoms with E-state index in [0.29, 0.717) is 36.2 Å². The maximum Gasteiger partial charge on any atom is 1.00 e. The number of thiazole rings is 1. The molecule has 196 valence electrons. The third kappa shape index (κ3) is 6.81. The van der Waals surface area contributed by atoms with E-state index in [1.54, 1.807) is 13.3 Å². The molecule has 0 aliphatic heterocycles. The van der Waals surface area contributed by atoms with Gasteiger partial charge in [-0.2, -0.15) is 0 Å².